The van der Waals surface area contributed by atoms with E-state index in [0.717, 1.165) is 6.92 Å². The average Bonchev–Trinajstić information content (AvgIpc) is 0.811. The summed E-state index contributed by atoms with van der Waals surface area (Å²) < 4.78 is 0. The van der Waals surface area contributed by atoms with E-state index in [1.165, 1.54) is 0 Å². The third-order valence-electron chi connectivity index (χ3n) is 0. The maximum absolute atomic E-state index is 9.00. The molecule has 7 heavy (non-hydrogen) atoms. The molecule has 0 amide bonds. The zero-order valence-electron chi connectivity index (χ0n) is 3.36. The van der Waals surface area contributed by atoms with Crippen molar-refractivity contribution in [2.24, 2.45) is 0 Å². The predicted molar refractivity (Wildman–Crippen MR) is 27.7 cm³/mol. The van der Waals surface area contributed by atoms with Crippen LogP contribution >= 0.6 is 0 Å². The van der Waals surface area contributed by atoms with Crippen molar-refractivity contribution in [1.82, 2.24) is 0 Å². The Morgan fingerprint density at radius 1 is 1.43 bits per heavy atom. The Hall–Kier alpha value is -0.0126. The van der Waals surface area contributed by atoms with Gasteiger partial charge in [-0.2, -0.15) is 0 Å². The third-order valence-corrected chi connectivity index (χ3v) is 0. The number of aliphatic carboxylic acids is 1. The van der Waals surface area contributed by atoms with Crippen LogP contribution in [0.15, 0.2) is 0 Å². The van der Waals surface area contributed by atoms with Crippen LogP contribution in [-0.4, -0.2) is 40.9 Å². The van der Waals surface area contributed by atoms with E-state index in [0.29, 0.717) is 0 Å². The Bertz CT molecular complexity index is 32.7. The van der Waals surface area contributed by atoms with Crippen LogP contribution in [0.4, 0.5) is 0 Å². The fourth-order valence-electron chi connectivity index (χ4n) is 0. The van der Waals surface area contributed by atoms with Gasteiger partial charge in [0.05, 0.1) is 0 Å². The zero-order valence-corrected chi connectivity index (χ0v) is 3.36. The first-order valence-electron chi connectivity index (χ1n) is 0.928. The normalized spacial score (nSPS) is 3.57. The van der Waals surface area contributed by atoms with E-state index in [2.05, 4.69) is 0 Å². The van der Waals surface area contributed by atoms with Gasteiger partial charge in [0.25, 0.3) is 5.97 Å². The van der Waals surface area contributed by atoms with Gasteiger partial charge in [-0.1, -0.05) is 0 Å². The number of rotatable bonds is 0. The predicted octanol–water partition coefficient (Wildman–Crippen LogP) is -2.21. The molecule has 0 aromatic rings. The Morgan fingerprint density at radius 2 is 1.43 bits per heavy atom. The van der Waals surface area contributed by atoms with Gasteiger partial charge in [-0.05, 0) is 0 Å². The first-order valence-corrected chi connectivity index (χ1v) is 0.928. The van der Waals surface area contributed by atoms with E-state index in [-0.39, 0.29) is 29.8 Å². The van der Waals surface area contributed by atoms with Crippen LogP contribution in [-0.2, 0) is 4.79 Å². The fraction of sp³-hybridized carbons (Fsp3) is 0.500. The number of carboxylic acids is 1. The van der Waals surface area contributed by atoms with Gasteiger partial charge in [0.2, 0.25) is 0 Å². The molecule has 0 radical (unpaired) electrons. The monoisotopic (exact) mass is 104 g/mol. The number of hydrogen-bond donors (Lipinski definition) is 1. The molecule has 5 N–H and O–H groups in total. The van der Waals surface area contributed by atoms with E-state index < -0.39 is 5.97 Å². The van der Waals surface area contributed by atoms with Crippen LogP contribution in [0.25, 0.3) is 0 Å². The number of carboxylic acid groups (broad SMARTS) is 1. The summed E-state index contributed by atoms with van der Waals surface area (Å²) in [4.78, 5) is 9.00. The summed E-state index contributed by atoms with van der Waals surface area (Å²) in [6, 6.07) is 0. The Morgan fingerprint density at radius 3 is 1.43 bits per heavy atom. The molecule has 0 fully saturated rings. The fourth-order valence-corrected chi connectivity index (χ4v) is 0. The second-order valence-corrected chi connectivity index (χ2v) is 0.519. The summed E-state index contributed by atoms with van der Waals surface area (Å²) in [5.74, 6) is -0.833. The topological polar surface area (TPSA) is 100 Å². The van der Waals surface area contributed by atoms with Crippen LogP contribution in [0.2, 0.25) is 0 Å². The molecule has 0 atom stereocenters. The van der Waals surface area contributed by atoms with Gasteiger partial charge in [-0.25, -0.2) is 0 Å². The molecule has 0 heterocycles. The summed E-state index contributed by atoms with van der Waals surface area (Å²) in [5.41, 5.74) is 0. The maximum atomic E-state index is 9.00. The van der Waals surface area contributed by atoms with Crippen molar-refractivity contribution in [2.45, 2.75) is 6.92 Å². The van der Waals surface area contributed by atoms with Crippen LogP contribution < -0.4 is 0 Å². The van der Waals surface area contributed by atoms with E-state index in [1.54, 1.807) is 0 Å². The van der Waals surface area contributed by atoms with Gasteiger partial charge < -0.3 is 16.1 Å². The molecule has 42 valence electrons. The summed E-state index contributed by atoms with van der Waals surface area (Å²) in [6.07, 6.45) is 0. The Balaban J connectivity index is -0.0000000150. The van der Waals surface area contributed by atoms with Gasteiger partial charge in [0.15, 0.2) is 0 Å². The molecule has 5 heteroatoms. The SMILES string of the molecule is CC(=O)O.O.O.[LiH]. The van der Waals surface area contributed by atoms with E-state index in [1.807, 2.05) is 0 Å². The van der Waals surface area contributed by atoms with Crippen molar-refractivity contribution in [3.63, 3.8) is 0 Å². The zero-order chi connectivity index (χ0) is 3.58. The molecule has 0 saturated heterocycles. The van der Waals surface area contributed by atoms with Crippen molar-refractivity contribution >= 4 is 24.8 Å². The van der Waals surface area contributed by atoms with Crippen LogP contribution in [0.1, 0.15) is 6.92 Å². The molecular weight excluding hydrogens is 95.0 g/mol. The summed E-state index contributed by atoms with van der Waals surface area (Å²) in [7, 11) is 0. The van der Waals surface area contributed by atoms with Crippen LogP contribution in [0.5, 0.6) is 0 Å². The van der Waals surface area contributed by atoms with E-state index in [4.69, 9.17) is 9.90 Å². The van der Waals surface area contributed by atoms with Crippen LogP contribution in [0, 0.1) is 0 Å². The van der Waals surface area contributed by atoms with Gasteiger partial charge in [0.1, 0.15) is 0 Å². The first-order chi connectivity index (χ1) is 1.73. The first kappa shape index (κ1) is 28.1. The van der Waals surface area contributed by atoms with Gasteiger partial charge >= 0.3 is 18.9 Å². The summed E-state index contributed by atoms with van der Waals surface area (Å²) >= 11 is 0. The standard InChI is InChI=1S/C2H4O2.Li.2H2O.H/c1-2(3)4;;;;/h1H3,(H,3,4);;2*1H2;. The van der Waals surface area contributed by atoms with E-state index in [9.17, 15) is 0 Å². The average molecular weight is 104 g/mol. The molecule has 0 aromatic carbocycles. The molecular formula is C2H9LiO4. The quantitative estimate of drug-likeness (QED) is 0.352. The van der Waals surface area contributed by atoms with Gasteiger partial charge in [-0.15, -0.1) is 0 Å². The summed E-state index contributed by atoms with van der Waals surface area (Å²) in [5, 5.41) is 7.42. The molecule has 0 unspecified atom stereocenters. The van der Waals surface area contributed by atoms with Crippen LogP contribution in [0.3, 0.4) is 0 Å². The molecule has 0 aliphatic carbocycles. The second kappa shape index (κ2) is 16.7. The van der Waals surface area contributed by atoms with Gasteiger partial charge in [0, 0.05) is 6.92 Å². The molecule has 0 rings (SSSR count). The van der Waals surface area contributed by atoms with Crippen molar-refractivity contribution in [3.8, 4) is 0 Å². The van der Waals surface area contributed by atoms with Crippen molar-refractivity contribution in [1.29, 1.82) is 0 Å². The third kappa shape index (κ3) is 600000. The molecule has 0 aliphatic heterocycles. The second-order valence-electron chi connectivity index (χ2n) is 0.519. The van der Waals surface area contributed by atoms with Crippen molar-refractivity contribution < 1.29 is 20.9 Å². The minimum absolute atomic E-state index is 0. The molecule has 0 saturated carbocycles. The molecule has 0 aliphatic rings. The molecule has 0 bridgehead atoms. The van der Waals surface area contributed by atoms with Crippen molar-refractivity contribution in [3.05, 3.63) is 0 Å². The number of carbonyl (C=O) groups is 1. The Kier molecular flexibility index (Phi) is 66.9. The van der Waals surface area contributed by atoms with Crippen molar-refractivity contribution in [2.75, 3.05) is 0 Å². The molecule has 0 aromatic heterocycles. The van der Waals surface area contributed by atoms with E-state index >= 15 is 0 Å². The molecule has 4 nitrogen and oxygen atoms in total. The summed E-state index contributed by atoms with van der Waals surface area (Å²) in [6.45, 7) is 1.08. The molecule has 0 spiro atoms. The Labute approximate surface area is 53.3 Å². The van der Waals surface area contributed by atoms with Gasteiger partial charge in [-0.3, -0.25) is 4.79 Å². The minimum atomic E-state index is -0.833. The number of hydrogen-bond acceptors (Lipinski definition) is 1.